The third kappa shape index (κ3) is 5.06. The van der Waals surface area contributed by atoms with Crippen molar-refractivity contribution in [2.75, 3.05) is 13.1 Å². The number of amides is 1. The Balaban J connectivity index is 1.22. The molecule has 0 N–H and O–H groups in total. The fourth-order valence-electron chi connectivity index (χ4n) is 4.43. The van der Waals surface area contributed by atoms with E-state index < -0.39 is 0 Å². The Labute approximate surface area is 198 Å². The Bertz CT molecular complexity index is 1250. The smallest absolute Gasteiger partial charge is 0.255 e. The van der Waals surface area contributed by atoms with Gasteiger partial charge in [0.25, 0.3) is 5.91 Å². The number of halogens is 1. The molecule has 2 aromatic carbocycles. The van der Waals surface area contributed by atoms with Crippen molar-refractivity contribution in [1.82, 2.24) is 14.9 Å². The molecular weight excluding hydrogens is 429 g/mol. The number of pyridine rings is 1. The van der Waals surface area contributed by atoms with Gasteiger partial charge in [-0.1, -0.05) is 48.5 Å². The highest BCUT2D eigenvalue weighted by Crippen LogP contribution is 2.28. The number of oxazole rings is 1. The molecular formula is C28H26FN3O2. The minimum Gasteiger partial charge on any atom is -0.445 e. The van der Waals surface area contributed by atoms with Gasteiger partial charge in [-0.25, -0.2) is 9.37 Å². The molecule has 4 aromatic rings. The summed E-state index contributed by atoms with van der Waals surface area (Å²) in [6.07, 6.45) is 6.31. The number of rotatable bonds is 6. The van der Waals surface area contributed by atoms with Crippen molar-refractivity contribution in [3.63, 3.8) is 0 Å². The minimum absolute atomic E-state index is 0.0503. The normalized spacial score (nSPS) is 15.9. The van der Waals surface area contributed by atoms with Crippen LogP contribution in [-0.4, -0.2) is 33.9 Å². The number of piperidine rings is 1. The van der Waals surface area contributed by atoms with Crippen LogP contribution in [0.1, 0.15) is 57.6 Å². The van der Waals surface area contributed by atoms with Crippen molar-refractivity contribution < 1.29 is 13.6 Å². The summed E-state index contributed by atoms with van der Waals surface area (Å²) in [5.74, 6) is 1.31. The van der Waals surface area contributed by atoms with Crippen molar-refractivity contribution in [1.29, 1.82) is 0 Å². The van der Waals surface area contributed by atoms with Crippen molar-refractivity contribution in [2.24, 2.45) is 0 Å². The molecule has 0 aliphatic carbocycles. The van der Waals surface area contributed by atoms with E-state index >= 15 is 0 Å². The predicted octanol–water partition coefficient (Wildman–Crippen LogP) is 5.41. The van der Waals surface area contributed by atoms with Crippen LogP contribution in [0.15, 0.2) is 83.5 Å². The van der Waals surface area contributed by atoms with Crippen molar-refractivity contribution in [3.8, 4) is 0 Å². The van der Waals surface area contributed by atoms with E-state index in [9.17, 15) is 9.18 Å². The van der Waals surface area contributed by atoms with Crippen LogP contribution in [0.3, 0.4) is 0 Å². The molecule has 2 aromatic heterocycles. The van der Waals surface area contributed by atoms with Gasteiger partial charge in [0.05, 0.1) is 17.7 Å². The average molecular weight is 456 g/mol. The van der Waals surface area contributed by atoms with Gasteiger partial charge in [-0.2, -0.15) is 0 Å². The number of benzene rings is 2. The van der Waals surface area contributed by atoms with Crippen LogP contribution in [0.25, 0.3) is 0 Å². The summed E-state index contributed by atoms with van der Waals surface area (Å²) in [5.41, 5.74) is 3.03. The maximum atomic E-state index is 13.9. The zero-order chi connectivity index (χ0) is 23.3. The first-order valence-corrected chi connectivity index (χ1v) is 11.6. The third-order valence-corrected chi connectivity index (χ3v) is 6.25. The van der Waals surface area contributed by atoms with E-state index in [1.54, 1.807) is 36.7 Å². The summed E-state index contributed by atoms with van der Waals surface area (Å²) in [5, 5.41) is 0. The number of carbonyl (C=O) groups is 1. The van der Waals surface area contributed by atoms with Crippen molar-refractivity contribution in [2.45, 2.75) is 31.6 Å². The van der Waals surface area contributed by atoms with Crippen LogP contribution in [0.5, 0.6) is 0 Å². The van der Waals surface area contributed by atoms with Gasteiger partial charge >= 0.3 is 0 Å². The SMILES string of the molecule is O=C(c1ccc(Cc2ccccc2F)nc1)N1CCC[C@H](c2ncc(Cc3ccccc3)o2)C1. The van der Waals surface area contributed by atoms with Crippen LogP contribution in [0.4, 0.5) is 4.39 Å². The monoisotopic (exact) mass is 455 g/mol. The second-order valence-corrected chi connectivity index (χ2v) is 8.72. The minimum atomic E-state index is -0.248. The molecule has 0 bridgehead atoms. The highest BCUT2D eigenvalue weighted by atomic mass is 19.1. The highest BCUT2D eigenvalue weighted by Gasteiger charge is 2.28. The van der Waals surface area contributed by atoms with Crippen LogP contribution >= 0.6 is 0 Å². The average Bonchev–Trinajstić information content (AvgIpc) is 3.35. The Hall–Kier alpha value is -3.80. The molecule has 172 valence electrons. The molecule has 5 nitrogen and oxygen atoms in total. The Kier molecular flexibility index (Phi) is 6.47. The molecule has 0 spiro atoms. The molecule has 1 aliphatic rings. The summed E-state index contributed by atoms with van der Waals surface area (Å²) in [6.45, 7) is 1.27. The number of likely N-dealkylation sites (tertiary alicyclic amines) is 1. The van der Waals surface area contributed by atoms with Crippen LogP contribution in [0, 0.1) is 5.82 Å². The van der Waals surface area contributed by atoms with Gasteiger partial charge in [0.15, 0.2) is 5.89 Å². The van der Waals surface area contributed by atoms with E-state index in [1.165, 1.54) is 11.6 Å². The fraction of sp³-hybridized carbons (Fsp3) is 0.250. The van der Waals surface area contributed by atoms with Gasteiger partial charge in [-0.3, -0.25) is 9.78 Å². The standard InChI is InChI=1S/C28H26FN3O2/c29-26-11-5-4-9-21(26)16-24-13-12-22(17-30-24)28(33)32-14-6-10-23(19-32)27-31-18-25(34-27)15-20-7-2-1-3-8-20/h1-5,7-9,11-13,17-18,23H,6,10,14-16,19H2/t23-/m0/s1. The molecule has 1 amide bonds. The number of aromatic nitrogens is 2. The molecule has 1 aliphatic heterocycles. The molecule has 1 fully saturated rings. The molecule has 6 heteroatoms. The summed E-state index contributed by atoms with van der Waals surface area (Å²) in [7, 11) is 0. The van der Waals surface area contributed by atoms with E-state index in [-0.39, 0.29) is 17.6 Å². The fourth-order valence-corrected chi connectivity index (χ4v) is 4.43. The lowest BCUT2D eigenvalue weighted by Crippen LogP contribution is -2.39. The zero-order valence-corrected chi connectivity index (χ0v) is 18.9. The van der Waals surface area contributed by atoms with Gasteiger partial charge in [-0.15, -0.1) is 0 Å². The molecule has 34 heavy (non-hydrogen) atoms. The van der Waals surface area contributed by atoms with E-state index in [4.69, 9.17) is 4.42 Å². The maximum absolute atomic E-state index is 13.9. The second-order valence-electron chi connectivity index (χ2n) is 8.72. The lowest BCUT2D eigenvalue weighted by atomic mass is 9.97. The topological polar surface area (TPSA) is 59.2 Å². The molecule has 1 atom stereocenters. The summed E-state index contributed by atoms with van der Waals surface area (Å²) >= 11 is 0. The van der Waals surface area contributed by atoms with Gasteiger partial charge in [0, 0.05) is 37.8 Å². The van der Waals surface area contributed by atoms with Crippen molar-refractivity contribution >= 4 is 5.91 Å². The summed E-state index contributed by atoms with van der Waals surface area (Å²) in [4.78, 5) is 23.9. The van der Waals surface area contributed by atoms with Gasteiger partial charge < -0.3 is 9.32 Å². The van der Waals surface area contributed by atoms with E-state index in [2.05, 4.69) is 22.1 Å². The lowest BCUT2D eigenvalue weighted by molar-refractivity contribution is 0.0697. The van der Waals surface area contributed by atoms with Gasteiger partial charge in [0.2, 0.25) is 0 Å². The Morgan fingerprint density at radius 1 is 0.971 bits per heavy atom. The second kappa shape index (κ2) is 10.00. The number of nitrogens with zero attached hydrogens (tertiary/aromatic N) is 3. The molecule has 3 heterocycles. The largest absolute Gasteiger partial charge is 0.445 e. The maximum Gasteiger partial charge on any atom is 0.255 e. The van der Waals surface area contributed by atoms with Gasteiger partial charge in [-0.05, 0) is 42.2 Å². The molecule has 1 saturated heterocycles. The zero-order valence-electron chi connectivity index (χ0n) is 18.9. The Morgan fingerprint density at radius 2 is 1.79 bits per heavy atom. The molecule has 0 radical (unpaired) electrons. The van der Waals surface area contributed by atoms with Gasteiger partial charge in [0.1, 0.15) is 11.6 Å². The van der Waals surface area contributed by atoms with Crippen LogP contribution in [0.2, 0.25) is 0 Å². The van der Waals surface area contributed by atoms with E-state index in [0.29, 0.717) is 42.9 Å². The number of hydrogen-bond acceptors (Lipinski definition) is 4. The Morgan fingerprint density at radius 3 is 2.59 bits per heavy atom. The first-order valence-electron chi connectivity index (χ1n) is 11.6. The lowest BCUT2D eigenvalue weighted by Gasteiger charge is -2.31. The summed E-state index contributed by atoms with van der Waals surface area (Å²) < 4.78 is 20.0. The molecule has 0 saturated carbocycles. The highest BCUT2D eigenvalue weighted by molar-refractivity contribution is 5.94. The third-order valence-electron chi connectivity index (χ3n) is 6.25. The predicted molar refractivity (Wildman–Crippen MR) is 127 cm³/mol. The van der Waals surface area contributed by atoms with E-state index in [1.807, 2.05) is 29.2 Å². The first kappa shape index (κ1) is 22.0. The molecule has 5 rings (SSSR count). The van der Waals surface area contributed by atoms with Crippen LogP contribution < -0.4 is 0 Å². The van der Waals surface area contributed by atoms with Crippen LogP contribution in [-0.2, 0) is 12.8 Å². The first-order chi connectivity index (χ1) is 16.7. The molecule has 0 unspecified atom stereocenters. The van der Waals surface area contributed by atoms with Crippen molar-refractivity contribution in [3.05, 3.63) is 119 Å². The quantitative estimate of drug-likeness (QED) is 0.390. The number of hydrogen-bond donors (Lipinski definition) is 0. The summed E-state index contributed by atoms with van der Waals surface area (Å²) in [6, 6.07) is 20.4. The van der Waals surface area contributed by atoms with E-state index in [0.717, 1.165) is 24.3 Å². The number of carbonyl (C=O) groups excluding carboxylic acids is 1.